The summed E-state index contributed by atoms with van der Waals surface area (Å²) < 4.78 is 1.24. The lowest BCUT2D eigenvalue weighted by Crippen LogP contribution is -2.43. The maximum Gasteiger partial charge on any atom is 0.262 e. The molecule has 6 nitrogen and oxygen atoms in total. The molecule has 1 aromatic heterocycles. The standard InChI is InChI=1S/C18H19N3O3/c1-2-14-6-8-15(9-7-14)10-11-16(22)19-20-17(23)13-21-12-4-3-5-18(21)24/h3-12H,2,13H2,1H3,(H,19,22)(H,20,23)/b11-10+. The van der Waals surface area contributed by atoms with Crippen LogP contribution in [0.1, 0.15) is 18.1 Å². The van der Waals surface area contributed by atoms with Crippen LogP contribution in [0.3, 0.4) is 0 Å². The Morgan fingerprint density at radius 2 is 1.83 bits per heavy atom. The van der Waals surface area contributed by atoms with Gasteiger partial charge in [-0.05, 0) is 29.7 Å². The van der Waals surface area contributed by atoms with E-state index in [4.69, 9.17) is 0 Å². The molecule has 0 saturated carbocycles. The number of carbonyl (C=O) groups is 2. The van der Waals surface area contributed by atoms with E-state index >= 15 is 0 Å². The molecule has 6 heteroatoms. The fourth-order valence-electron chi connectivity index (χ4n) is 1.99. The Morgan fingerprint density at radius 1 is 1.08 bits per heavy atom. The molecule has 1 heterocycles. The molecule has 2 aromatic rings. The minimum absolute atomic E-state index is 0.165. The van der Waals surface area contributed by atoms with Crippen molar-refractivity contribution in [3.63, 3.8) is 0 Å². The molecule has 0 aliphatic heterocycles. The molecule has 0 saturated heterocycles. The van der Waals surface area contributed by atoms with Gasteiger partial charge in [0.15, 0.2) is 0 Å². The molecule has 0 unspecified atom stereocenters. The number of amides is 2. The van der Waals surface area contributed by atoms with Crippen molar-refractivity contribution >= 4 is 17.9 Å². The minimum Gasteiger partial charge on any atom is -0.306 e. The van der Waals surface area contributed by atoms with Crippen LogP contribution < -0.4 is 16.4 Å². The molecule has 0 radical (unpaired) electrons. The summed E-state index contributed by atoms with van der Waals surface area (Å²) in [5.41, 5.74) is 6.37. The number of carbonyl (C=O) groups excluding carboxylic acids is 2. The number of aryl methyl sites for hydroxylation is 1. The van der Waals surface area contributed by atoms with Crippen molar-refractivity contribution in [2.24, 2.45) is 0 Å². The molecule has 24 heavy (non-hydrogen) atoms. The van der Waals surface area contributed by atoms with Crippen LogP contribution in [0, 0.1) is 0 Å². The van der Waals surface area contributed by atoms with Crippen LogP contribution in [0.4, 0.5) is 0 Å². The predicted octanol–water partition coefficient (Wildman–Crippen LogP) is 1.27. The third kappa shape index (κ3) is 5.24. The third-order valence-electron chi connectivity index (χ3n) is 3.35. The first-order valence-corrected chi connectivity index (χ1v) is 7.60. The molecule has 0 spiro atoms. The normalized spacial score (nSPS) is 10.5. The number of hydrogen-bond acceptors (Lipinski definition) is 3. The molecule has 0 fully saturated rings. The quantitative estimate of drug-likeness (QED) is 0.642. The van der Waals surface area contributed by atoms with Crippen LogP contribution in [-0.2, 0) is 22.6 Å². The highest BCUT2D eigenvalue weighted by molar-refractivity contribution is 5.93. The number of nitrogens with zero attached hydrogens (tertiary/aromatic N) is 1. The van der Waals surface area contributed by atoms with Gasteiger partial charge in [0.1, 0.15) is 6.54 Å². The van der Waals surface area contributed by atoms with E-state index < -0.39 is 11.8 Å². The number of rotatable bonds is 5. The number of hydrazine groups is 1. The fourth-order valence-corrected chi connectivity index (χ4v) is 1.99. The van der Waals surface area contributed by atoms with Crippen LogP contribution in [0.25, 0.3) is 6.08 Å². The summed E-state index contributed by atoms with van der Waals surface area (Å²) >= 11 is 0. The van der Waals surface area contributed by atoms with Gasteiger partial charge < -0.3 is 4.57 Å². The summed E-state index contributed by atoms with van der Waals surface area (Å²) in [7, 11) is 0. The predicted molar refractivity (Wildman–Crippen MR) is 91.8 cm³/mol. The minimum atomic E-state index is -0.489. The number of nitrogens with one attached hydrogen (secondary N) is 2. The lowest BCUT2D eigenvalue weighted by atomic mass is 10.1. The Balaban J connectivity index is 1.81. The maximum absolute atomic E-state index is 11.7. The molecule has 0 bridgehead atoms. The van der Waals surface area contributed by atoms with Crippen LogP contribution in [0.15, 0.2) is 59.5 Å². The maximum atomic E-state index is 11.7. The molecule has 0 atom stereocenters. The molecule has 2 rings (SSSR count). The highest BCUT2D eigenvalue weighted by Gasteiger charge is 2.04. The van der Waals surface area contributed by atoms with Crippen LogP contribution in [-0.4, -0.2) is 16.4 Å². The summed E-state index contributed by atoms with van der Waals surface area (Å²) in [5, 5.41) is 0. The molecule has 124 valence electrons. The number of hydrogen-bond donors (Lipinski definition) is 2. The fraction of sp³-hybridized carbons (Fsp3) is 0.167. The Morgan fingerprint density at radius 3 is 2.50 bits per heavy atom. The van der Waals surface area contributed by atoms with E-state index in [1.807, 2.05) is 24.3 Å². The van der Waals surface area contributed by atoms with Crippen molar-refractivity contribution in [3.05, 3.63) is 76.2 Å². The molecule has 2 amide bonds. The molecular formula is C18H19N3O3. The lowest BCUT2D eigenvalue weighted by Gasteiger charge is -2.07. The average Bonchev–Trinajstić information content (AvgIpc) is 2.60. The van der Waals surface area contributed by atoms with E-state index in [1.165, 1.54) is 28.5 Å². The van der Waals surface area contributed by atoms with E-state index in [9.17, 15) is 14.4 Å². The lowest BCUT2D eigenvalue weighted by molar-refractivity contribution is -0.127. The van der Waals surface area contributed by atoms with Gasteiger partial charge in [-0.3, -0.25) is 25.2 Å². The van der Waals surface area contributed by atoms with Gasteiger partial charge in [-0.1, -0.05) is 37.3 Å². The average molecular weight is 325 g/mol. The molecule has 1 aromatic carbocycles. The van der Waals surface area contributed by atoms with Gasteiger partial charge in [0, 0.05) is 18.3 Å². The van der Waals surface area contributed by atoms with Gasteiger partial charge in [0.05, 0.1) is 0 Å². The summed E-state index contributed by atoms with van der Waals surface area (Å²) in [6, 6.07) is 12.4. The molecule has 2 N–H and O–H groups in total. The third-order valence-corrected chi connectivity index (χ3v) is 3.35. The number of pyridine rings is 1. The van der Waals surface area contributed by atoms with Gasteiger partial charge in [-0.25, -0.2) is 0 Å². The van der Waals surface area contributed by atoms with E-state index in [1.54, 1.807) is 18.2 Å². The van der Waals surface area contributed by atoms with Crippen molar-refractivity contribution in [1.29, 1.82) is 0 Å². The summed E-state index contributed by atoms with van der Waals surface area (Å²) in [6.45, 7) is 1.91. The Labute approximate surface area is 139 Å². The number of benzene rings is 1. The highest BCUT2D eigenvalue weighted by atomic mass is 16.2. The Kier molecular flexibility index (Phi) is 6.08. The first-order chi connectivity index (χ1) is 11.6. The van der Waals surface area contributed by atoms with Gasteiger partial charge in [-0.15, -0.1) is 0 Å². The first-order valence-electron chi connectivity index (χ1n) is 7.60. The van der Waals surface area contributed by atoms with E-state index in [0.717, 1.165) is 12.0 Å². The van der Waals surface area contributed by atoms with Crippen molar-refractivity contribution in [1.82, 2.24) is 15.4 Å². The van der Waals surface area contributed by atoms with E-state index in [0.29, 0.717) is 0 Å². The van der Waals surface area contributed by atoms with Gasteiger partial charge in [0.25, 0.3) is 17.4 Å². The Bertz CT molecular complexity index is 792. The topological polar surface area (TPSA) is 80.2 Å². The SMILES string of the molecule is CCc1ccc(/C=C/C(=O)NNC(=O)Cn2ccccc2=O)cc1. The van der Waals surface area contributed by atoms with E-state index in [2.05, 4.69) is 17.8 Å². The largest absolute Gasteiger partial charge is 0.306 e. The summed E-state index contributed by atoms with van der Waals surface area (Å²) in [4.78, 5) is 34.9. The van der Waals surface area contributed by atoms with Gasteiger partial charge in [-0.2, -0.15) is 0 Å². The molecule has 0 aliphatic carbocycles. The van der Waals surface area contributed by atoms with Crippen molar-refractivity contribution in [2.75, 3.05) is 0 Å². The summed E-state index contributed by atoms with van der Waals surface area (Å²) in [6.07, 6.45) is 5.45. The highest BCUT2D eigenvalue weighted by Crippen LogP contribution is 2.06. The van der Waals surface area contributed by atoms with Gasteiger partial charge >= 0.3 is 0 Å². The first kappa shape index (κ1) is 17.2. The monoisotopic (exact) mass is 325 g/mol. The van der Waals surface area contributed by atoms with Crippen molar-refractivity contribution < 1.29 is 9.59 Å². The van der Waals surface area contributed by atoms with Crippen LogP contribution in [0.5, 0.6) is 0 Å². The molecule has 0 aliphatic rings. The molecular weight excluding hydrogens is 306 g/mol. The number of aromatic nitrogens is 1. The zero-order valence-electron chi connectivity index (χ0n) is 13.4. The smallest absolute Gasteiger partial charge is 0.262 e. The second kappa shape index (κ2) is 8.47. The van der Waals surface area contributed by atoms with E-state index in [-0.39, 0.29) is 12.1 Å². The second-order valence-corrected chi connectivity index (χ2v) is 5.13. The van der Waals surface area contributed by atoms with Crippen LogP contribution in [0.2, 0.25) is 0 Å². The van der Waals surface area contributed by atoms with Gasteiger partial charge in [0.2, 0.25) is 0 Å². The Hall–Kier alpha value is -3.15. The zero-order chi connectivity index (χ0) is 17.4. The van der Waals surface area contributed by atoms with Crippen molar-refractivity contribution in [3.8, 4) is 0 Å². The second-order valence-electron chi connectivity index (χ2n) is 5.13. The van der Waals surface area contributed by atoms with Crippen LogP contribution >= 0.6 is 0 Å². The zero-order valence-corrected chi connectivity index (χ0v) is 13.4. The summed E-state index contributed by atoms with van der Waals surface area (Å²) in [5.74, 6) is -0.944. The van der Waals surface area contributed by atoms with Crippen molar-refractivity contribution in [2.45, 2.75) is 19.9 Å².